The number of carbonyl (C=O) groups is 1. The Morgan fingerprint density at radius 2 is 1.88 bits per heavy atom. The van der Waals surface area contributed by atoms with Crippen LogP contribution in [0.25, 0.3) is 27.5 Å². The Morgan fingerprint density at radius 1 is 1.12 bits per heavy atom. The highest BCUT2D eigenvalue weighted by atomic mass is 32.2. The predicted molar refractivity (Wildman–Crippen MR) is 161 cm³/mol. The first-order valence-electron chi connectivity index (χ1n) is 13.5. The Morgan fingerprint density at radius 3 is 2.53 bits per heavy atom. The van der Waals surface area contributed by atoms with Gasteiger partial charge < -0.3 is 9.84 Å². The van der Waals surface area contributed by atoms with Gasteiger partial charge >= 0.3 is 5.97 Å². The van der Waals surface area contributed by atoms with Crippen molar-refractivity contribution < 1.29 is 27.4 Å². The zero-order chi connectivity index (χ0) is 30.3. The first-order chi connectivity index (χ1) is 20.6. The van der Waals surface area contributed by atoms with Crippen LogP contribution in [0.15, 0.2) is 77.0 Å². The molecule has 1 saturated carbocycles. The quantitative estimate of drug-likeness (QED) is 0.205. The molecule has 3 aromatic carbocycles. The van der Waals surface area contributed by atoms with Crippen molar-refractivity contribution in [2.75, 3.05) is 7.11 Å². The standard InChI is InChI=1S/C31H27FN4O5S2/c1-41-22-4-2-3-20(15-22)24-16-21(9-12-26(24)32)29-25(13-18-7-10-23(11-8-18)43(33,39)40)27(14-19-5-6-19)35-36(29)31-34-28(17-42-31)30(37)38/h2-4,7-12,15-17,19H,5-6,13-14H2,1H3,(H,37,38)(H2,33,39,40). The number of primary sulfonamides is 1. The zero-order valence-corrected chi connectivity index (χ0v) is 24.7. The summed E-state index contributed by atoms with van der Waals surface area (Å²) < 4.78 is 45.9. The number of hydrogen-bond donors (Lipinski definition) is 2. The number of carboxylic acid groups (broad SMARTS) is 1. The van der Waals surface area contributed by atoms with Gasteiger partial charge in [0.2, 0.25) is 15.2 Å². The fourth-order valence-electron chi connectivity index (χ4n) is 5.02. The van der Waals surface area contributed by atoms with Gasteiger partial charge in [-0.2, -0.15) is 5.10 Å². The normalized spacial score (nSPS) is 13.3. The first-order valence-corrected chi connectivity index (χ1v) is 15.9. The van der Waals surface area contributed by atoms with Gasteiger partial charge in [0.05, 0.1) is 23.4 Å². The minimum atomic E-state index is -3.85. The van der Waals surface area contributed by atoms with E-state index in [0.717, 1.165) is 41.0 Å². The average molecular weight is 619 g/mol. The van der Waals surface area contributed by atoms with E-state index in [1.807, 2.05) is 0 Å². The lowest BCUT2D eigenvalue weighted by Gasteiger charge is -2.12. The number of sulfonamides is 1. The molecule has 2 heterocycles. The summed E-state index contributed by atoms with van der Waals surface area (Å²) >= 11 is 1.15. The van der Waals surface area contributed by atoms with Gasteiger partial charge in [0.15, 0.2) is 5.69 Å². The van der Waals surface area contributed by atoms with Crippen LogP contribution in [0.4, 0.5) is 4.39 Å². The lowest BCUT2D eigenvalue weighted by Crippen LogP contribution is -2.11. The Labute approximate surface area is 251 Å². The van der Waals surface area contributed by atoms with E-state index in [2.05, 4.69) is 4.98 Å². The number of hydrogen-bond acceptors (Lipinski definition) is 7. The molecule has 0 spiro atoms. The van der Waals surface area contributed by atoms with Crippen molar-refractivity contribution in [2.45, 2.75) is 30.6 Å². The molecule has 5 aromatic rings. The summed E-state index contributed by atoms with van der Waals surface area (Å²) in [6, 6.07) is 18.3. The van der Waals surface area contributed by atoms with E-state index in [1.54, 1.807) is 60.3 Å². The molecular formula is C31H27FN4O5S2. The third-order valence-corrected chi connectivity index (χ3v) is 9.14. The Kier molecular flexibility index (Phi) is 7.59. The average Bonchev–Trinajstić information content (AvgIpc) is 3.54. The largest absolute Gasteiger partial charge is 0.497 e. The van der Waals surface area contributed by atoms with Crippen LogP contribution in [0.5, 0.6) is 5.75 Å². The summed E-state index contributed by atoms with van der Waals surface area (Å²) in [6.45, 7) is 0. The van der Waals surface area contributed by atoms with Gasteiger partial charge in [0.1, 0.15) is 11.6 Å². The molecule has 0 radical (unpaired) electrons. The van der Waals surface area contributed by atoms with Crippen LogP contribution >= 0.6 is 11.3 Å². The van der Waals surface area contributed by atoms with Crippen molar-refractivity contribution in [3.05, 3.63) is 100 Å². The molecule has 1 aliphatic carbocycles. The van der Waals surface area contributed by atoms with Crippen LogP contribution in [-0.2, 0) is 22.9 Å². The van der Waals surface area contributed by atoms with Crippen molar-refractivity contribution in [3.8, 4) is 33.3 Å². The van der Waals surface area contributed by atoms with E-state index < -0.39 is 21.8 Å². The molecule has 0 unspecified atom stereocenters. The third-order valence-electron chi connectivity index (χ3n) is 7.39. The van der Waals surface area contributed by atoms with Gasteiger partial charge in [-0.3, -0.25) is 0 Å². The molecule has 0 amide bonds. The number of nitrogens with two attached hydrogens (primary N) is 1. The van der Waals surface area contributed by atoms with Gasteiger partial charge in [0, 0.05) is 28.5 Å². The van der Waals surface area contributed by atoms with Crippen molar-refractivity contribution >= 4 is 27.3 Å². The molecule has 1 fully saturated rings. The highest BCUT2D eigenvalue weighted by Gasteiger charge is 2.29. The topological polar surface area (TPSA) is 137 Å². The summed E-state index contributed by atoms with van der Waals surface area (Å²) in [4.78, 5) is 16.0. The molecule has 9 nitrogen and oxygen atoms in total. The number of thiazole rings is 1. The number of carboxylic acids is 1. The number of ether oxygens (including phenoxy) is 1. The van der Waals surface area contributed by atoms with Crippen LogP contribution in [0, 0.1) is 11.7 Å². The summed E-state index contributed by atoms with van der Waals surface area (Å²) in [6.07, 6.45) is 3.28. The van der Waals surface area contributed by atoms with Crippen molar-refractivity contribution in [1.29, 1.82) is 0 Å². The lowest BCUT2D eigenvalue weighted by atomic mass is 9.95. The van der Waals surface area contributed by atoms with E-state index in [0.29, 0.717) is 52.0 Å². The highest BCUT2D eigenvalue weighted by molar-refractivity contribution is 7.89. The second kappa shape index (κ2) is 11.4. The van der Waals surface area contributed by atoms with Crippen molar-refractivity contribution in [3.63, 3.8) is 0 Å². The number of aromatic nitrogens is 3. The van der Waals surface area contributed by atoms with Gasteiger partial charge in [-0.15, -0.1) is 11.3 Å². The second-order valence-corrected chi connectivity index (χ2v) is 12.8. The number of benzene rings is 3. The Hall–Kier alpha value is -4.39. The molecule has 0 saturated heterocycles. The van der Waals surface area contributed by atoms with Crippen LogP contribution < -0.4 is 9.88 Å². The molecule has 0 aliphatic heterocycles. The van der Waals surface area contributed by atoms with Crippen molar-refractivity contribution in [2.24, 2.45) is 11.1 Å². The fraction of sp³-hybridized carbons (Fsp3) is 0.194. The maximum Gasteiger partial charge on any atom is 0.355 e. The maximum absolute atomic E-state index is 15.3. The monoisotopic (exact) mass is 618 g/mol. The van der Waals surface area contributed by atoms with Gasteiger partial charge in [-0.05, 0) is 78.8 Å². The molecular weight excluding hydrogens is 591 g/mol. The summed E-state index contributed by atoms with van der Waals surface area (Å²) in [7, 11) is -2.30. The fourth-order valence-corrected chi connectivity index (χ4v) is 6.29. The molecule has 220 valence electrons. The van der Waals surface area contributed by atoms with E-state index in [9.17, 15) is 18.3 Å². The van der Waals surface area contributed by atoms with Crippen molar-refractivity contribution in [1.82, 2.24) is 14.8 Å². The van der Waals surface area contributed by atoms with Gasteiger partial charge in [-0.1, -0.05) is 24.3 Å². The van der Waals surface area contributed by atoms with Crippen LogP contribution in [0.3, 0.4) is 0 Å². The SMILES string of the molecule is COc1cccc(-c2cc(-c3c(Cc4ccc(S(N)(=O)=O)cc4)c(CC4CC4)nn3-c3nc(C(=O)O)cs3)ccc2F)c1. The Bertz CT molecular complexity index is 1950. The lowest BCUT2D eigenvalue weighted by molar-refractivity contribution is 0.0691. The van der Waals surface area contributed by atoms with Crippen LogP contribution in [0.2, 0.25) is 0 Å². The Balaban J connectivity index is 1.55. The summed E-state index contributed by atoms with van der Waals surface area (Å²) in [5.41, 5.74) is 4.73. The predicted octanol–water partition coefficient (Wildman–Crippen LogP) is 5.70. The molecule has 12 heteroatoms. The molecule has 6 rings (SSSR count). The second-order valence-electron chi connectivity index (χ2n) is 10.4. The number of nitrogens with zero attached hydrogens (tertiary/aromatic N) is 3. The molecule has 0 bridgehead atoms. The summed E-state index contributed by atoms with van der Waals surface area (Å²) in [5, 5.41) is 21.6. The minimum Gasteiger partial charge on any atom is -0.497 e. The van der Waals surface area contributed by atoms with Crippen LogP contribution in [0.1, 0.15) is 40.2 Å². The van der Waals surface area contributed by atoms with E-state index >= 15 is 4.39 Å². The molecule has 0 atom stereocenters. The third kappa shape index (κ3) is 6.07. The maximum atomic E-state index is 15.3. The van der Waals surface area contributed by atoms with Crippen LogP contribution in [-0.4, -0.2) is 41.4 Å². The van der Waals surface area contributed by atoms with Gasteiger partial charge in [0.25, 0.3) is 0 Å². The van der Waals surface area contributed by atoms with Gasteiger partial charge in [-0.25, -0.2) is 32.4 Å². The number of halogens is 1. The van der Waals surface area contributed by atoms with E-state index in [4.69, 9.17) is 15.0 Å². The molecule has 43 heavy (non-hydrogen) atoms. The van der Waals surface area contributed by atoms with E-state index in [-0.39, 0.29) is 10.6 Å². The molecule has 2 aromatic heterocycles. The van der Waals surface area contributed by atoms with E-state index in [1.165, 1.54) is 23.6 Å². The minimum absolute atomic E-state index is 0.0100. The number of methoxy groups -OCH3 is 1. The first kappa shape index (κ1) is 28.7. The molecule has 3 N–H and O–H groups in total. The number of rotatable bonds is 10. The smallest absolute Gasteiger partial charge is 0.355 e. The highest BCUT2D eigenvalue weighted by Crippen LogP contribution is 2.39. The summed E-state index contributed by atoms with van der Waals surface area (Å²) in [5.74, 6) is -0.492. The number of aromatic carboxylic acids is 1. The zero-order valence-electron chi connectivity index (χ0n) is 23.0. The molecule has 1 aliphatic rings.